The highest BCUT2D eigenvalue weighted by Crippen LogP contribution is 2.35. The zero-order valence-corrected chi connectivity index (χ0v) is 9.86. The van der Waals surface area contributed by atoms with Gasteiger partial charge in [0.15, 0.2) is 0 Å². The van der Waals surface area contributed by atoms with E-state index in [1.54, 1.807) is 18.7 Å². The Kier molecular flexibility index (Phi) is 8.28. The Labute approximate surface area is 90.1 Å². The lowest BCUT2D eigenvalue weighted by Gasteiger charge is -2.01. The second-order valence-corrected chi connectivity index (χ2v) is 4.99. The highest BCUT2D eigenvalue weighted by atomic mass is 31.2. The third kappa shape index (κ3) is 13.4. The molecule has 0 aliphatic carbocycles. The van der Waals surface area contributed by atoms with Gasteiger partial charge in [-0.2, -0.15) is 0 Å². The van der Waals surface area contributed by atoms with Crippen LogP contribution in [0.3, 0.4) is 0 Å². The quantitative estimate of drug-likeness (QED) is 0.538. The van der Waals surface area contributed by atoms with Crippen molar-refractivity contribution in [2.75, 3.05) is 6.16 Å². The fraction of sp³-hybridized carbons (Fsp3) is 0.667. The molecular formula is C9H19N2O3P. The maximum Gasteiger partial charge on any atom is 0.325 e. The van der Waals surface area contributed by atoms with Crippen molar-refractivity contribution in [3.05, 3.63) is 18.7 Å². The number of hydrogen-bond acceptors (Lipinski definition) is 2. The Morgan fingerprint density at radius 3 is 2.40 bits per heavy atom. The fourth-order valence-corrected chi connectivity index (χ4v) is 1.60. The molecule has 1 heterocycles. The molecule has 0 atom stereocenters. The van der Waals surface area contributed by atoms with Crippen LogP contribution >= 0.6 is 7.60 Å². The molecule has 0 unspecified atom stereocenters. The minimum absolute atomic E-state index is 0.0486. The van der Waals surface area contributed by atoms with E-state index in [2.05, 4.69) is 16.9 Å². The molecule has 1 aromatic rings. The zero-order valence-electron chi connectivity index (χ0n) is 8.96. The average Bonchev–Trinajstić information content (AvgIpc) is 2.68. The first-order chi connectivity index (χ1) is 7.06. The van der Waals surface area contributed by atoms with E-state index in [0.29, 0.717) is 6.42 Å². The van der Waals surface area contributed by atoms with Crippen LogP contribution in [-0.2, 0) is 4.57 Å². The summed E-state index contributed by atoms with van der Waals surface area (Å²) < 4.78 is 10.3. The molecule has 3 N–H and O–H groups in total. The summed E-state index contributed by atoms with van der Waals surface area (Å²) in [4.78, 5) is 23.3. The molecule has 0 saturated heterocycles. The summed E-state index contributed by atoms with van der Waals surface area (Å²) in [7, 11) is -3.71. The van der Waals surface area contributed by atoms with Gasteiger partial charge in [-0.1, -0.05) is 26.2 Å². The van der Waals surface area contributed by atoms with Crippen LogP contribution in [0.25, 0.3) is 0 Å². The standard InChI is InChI=1S/C6H15O3P.C3H4N2/c1-2-3-4-5-6-10(7,8)9;1-2-5-3-4-1/h2-6H2,1H3,(H2,7,8,9);1-3H,(H,4,5). The molecule has 88 valence electrons. The van der Waals surface area contributed by atoms with E-state index in [1.165, 1.54) is 0 Å². The molecule has 15 heavy (non-hydrogen) atoms. The molecule has 0 aliphatic heterocycles. The van der Waals surface area contributed by atoms with Crippen molar-refractivity contribution >= 4 is 7.60 Å². The van der Waals surface area contributed by atoms with E-state index in [9.17, 15) is 4.57 Å². The van der Waals surface area contributed by atoms with Crippen LogP contribution in [-0.4, -0.2) is 25.9 Å². The number of rotatable bonds is 5. The third-order valence-electron chi connectivity index (χ3n) is 1.71. The Hall–Kier alpha value is -0.640. The van der Waals surface area contributed by atoms with E-state index >= 15 is 0 Å². The van der Waals surface area contributed by atoms with Crippen LogP contribution in [0.2, 0.25) is 0 Å². The second kappa shape index (κ2) is 8.65. The van der Waals surface area contributed by atoms with Gasteiger partial charge in [0.2, 0.25) is 0 Å². The molecule has 0 spiro atoms. The average molecular weight is 234 g/mol. The van der Waals surface area contributed by atoms with Crippen LogP contribution in [0.1, 0.15) is 32.6 Å². The van der Waals surface area contributed by atoms with E-state index in [0.717, 1.165) is 19.3 Å². The van der Waals surface area contributed by atoms with Crippen LogP contribution in [0.4, 0.5) is 0 Å². The van der Waals surface area contributed by atoms with Crippen LogP contribution in [0.5, 0.6) is 0 Å². The highest BCUT2D eigenvalue weighted by Gasteiger charge is 2.10. The first-order valence-corrected chi connectivity index (χ1v) is 6.83. The van der Waals surface area contributed by atoms with Gasteiger partial charge in [-0.05, 0) is 6.42 Å². The lowest BCUT2D eigenvalue weighted by molar-refractivity contribution is 0.371. The minimum atomic E-state index is -3.71. The number of unbranched alkanes of at least 4 members (excludes halogenated alkanes) is 3. The van der Waals surface area contributed by atoms with E-state index in [4.69, 9.17) is 9.79 Å². The normalized spacial score (nSPS) is 10.6. The lowest BCUT2D eigenvalue weighted by Crippen LogP contribution is -1.87. The van der Waals surface area contributed by atoms with Crippen molar-refractivity contribution in [1.29, 1.82) is 0 Å². The van der Waals surface area contributed by atoms with Crippen LogP contribution < -0.4 is 0 Å². The summed E-state index contributed by atoms with van der Waals surface area (Å²) >= 11 is 0. The summed E-state index contributed by atoms with van der Waals surface area (Å²) in [5, 5.41) is 0. The molecule has 5 nitrogen and oxygen atoms in total. The van der Waals surface area contributed by atoms with Gasteiger partial charge in [0.25, 0.3) is 0 Å². The molecule has 0 bridgehead atoms. The van der Waals surface area contributed by atoms with Crippen LogP contribution in [0, 0.1) is 0 Å². The Bertz CT molecular complexity index is 241. The summed E-state index contributed by atoms with van der Waals surface area (Å²) in [6.07, 6.45) is 8.88. The van der Waals surface area contributed by atoms with Crippen molar-refractivity contribution in [2.24, 2.45) is 0 Å². The highest BCUT2D eigenvalue weighted by molar-refractivity contribution is 7.51. The molecule has 0 amide bonds. The van der Waals surface area contributed by atoms with Gasteiger partial charge >= 0.3 is 7.60 Å². The van der Waals surface area contributed by atoms with Crippen molar-refractivity contribution in [3.8, 4) is 0 Å². The topological polar surface area (TPSA) is 86.2 Å². The molecule has 0 radical (unpaired) electrons. The monoisotopic (exact) mass is 234 g/mol. The van der Waals surface area contributed by atoms with Gasteiger partial charge in [-0.15, -0.1) is 0 Å². The van der Waals surface area contributed by atoms with Gasteiger partial charge < -0.3 is 14.8 Å². The number of imidazole rings is 1. The van der Waals surface area contributed by atoms with Crippen molar-refractivity contribution in [3.63, 3.8) is 0 Å². The number of nitrogens with one attached hydrogen (secondary N) is 1. The molecule has 1 rings (SSSR count). The van der Waals surface area contributed by atoms with E-state index < -0.39 is 7.60 Å². The predicted molar refractivity (Wildman–Crippen MR) is 59.6 cm³/mol. The maximum absolute atomic E-state index is 10.3. The molecule has 0 saturated carbocycles. The van der Waals surface area contributed by atoms with Gasteiger partial charge in [0.05, 0.1) is 6.33 Å². The summed E-state index contributed by atoms with van der Waals surface area (Å²) in [5.41, 5.74) is 0. The summed E-state index contributed by atoms with van der Waals surface area (Å²) in [6.45, 7) is 2.07. The first-order valence-electron chi connectivity index (χ1n) is 5.03. The van der Waals surface area contributed by atoms with Gasteiger partial charge in [0.1, 0.15) is 0 Å². The molecular weight excluding hydrogens is 215 g/mol. The zero-order chi connectivity index (χ0) is 11.6. The van der Waals surface area contributed by atoms with E-state index in [-0.39, 0.29) is 6.16 Å². The SMILES string of the molecule is CCCCCCP(=O)(O)O.c1c[nH]cn1. The number of nitrogens with zero attached hydrogens (tertiary/aromatic N) is 1. The summed E-state index contributed by atoms with van der Waals surface area (Å²) in [5.74, 6) is 0. The molecule has 0 aliphatic rings. The number of hydrogen-bond donors (Lipinski definition) is 3. The molecule has 1 aromatic heterocycles. The first kappa shape index (κ1) is 14.4. The summed E-state index contributed by atoms with van der Waals surface area (Å²) in [6, 6.07) is 0. The van der Waals surface area contributed by atoms with Gasteiger partial charge in [-0.25, -0.2) is 4.98 Å². The van der Waals surface area contributed by atoms with E-state index in [1.807, 2.05) is 0 Å². The lowest BCUT2D eigenvalue weighted by atomic mass is 10.2. The smallest absolute Gasteiger partial charge is 0.325 e. The largest absolute Gasteiger partial charge is 0.351 e. The van der Waals surface area contributed by atoms with Crippen molar-refractivity contribution < 1.29 is 14.4 Å². The van der Waals surface area contributed by atoms with Crippen LogP contribution in [0.15, 0.2) is 18.7 Å². The van der Waals surface area contributed by atoms with Gasteiger partial charge in [0, 0.05) is 18.6 Å². The minimum Gasteiger partial charge on any atom is -0.351 e. The Balaban J connectivity index is 0.000000322. The molecule has 6 heteroatoms. The third-order valence-corrected chi connectivity index (χ3v) is 2.61. The second-order valence-electron chi connectivity index (χ2n) is 3.21. The number of aromatic amines is 1. The molecule has 0 fully saturated rings. The number of aromatic nitrogens is 2. The molecule has 0 aromatic carbocycles. The predicted octanol–water partition coefficient (Wildman–Crippen LogP) is 2.15. The van der Waals surface area contributed by atoms with Crippen molar-refractivity contribution in [1.82, 2.24) is 9.97 Å². The van der Waals surface area contributed by atoms with Crippen molar-refractivity contribution in [2.45, 2.75) is 32.6 Å². The Morgan fingerprint density at radius 1 is 1.33 bits per heavy atom. The van der Waals surface area contributed by atoms with Gasteiger partial charge in [-0.3, -0.25) is 4.57 Å². The fourth-order valence-electron chi connectivity index (χ4n) is 0.960. The number of H-pyrrole nitrogens is 1. The Morgan fingerprint density at radius 2 is 2.07 bits per heavy atom. The maximum atomic E-state index is 10.3.